The van der Waals surface area contributed by atoms with Crippen molar-refractivity contribution in [2.75, 3.05) is 6.54 Å². The first-order chi connectivity index (χ1) is 10.1. The summed E-state index contributed by atoms with van der Waals surface area (Å²) in [5.41, 5.74) is 1.00. The number of hydrogen-bond acceptors (Lipinski definition) is 2. The molecule has 1 heterocycles. The fraction of sp³-hybridized carbons (Fsp3) is 0.562. The molecule has 2 aliphatic rings. The summed E-state index contributed by atoms with van der Waals surface area (Å²) < 4.78 is 0. The third kappa shape index (κ3) is 3.36. The maximum Gasteiger partial charge on any atom is 0.223 e. The first-order valence-electron chi connectivity index (χ1n) is 7.54. The Bertz CT molecular complexity index is 549. The summed E-state index contributed by atoms with van der Waals surface area (Å²) in [7, 11) is 0. The van der Waals surface area contributed by atoms with Crippen LogP contribution >= 0.6 is 23.2 Å². The van der Waals surface area contributed by atoms with Crippen LogP contribution in [0.2, 0.25) is 10.0 Å². The zero-order valence-electron chi connectivity index (χ0n) is 12.0. The Balaban J connectivity index is 1.59. The predicted octanol–water partition coefficient (Wildman–Crippen LogP) is 3.35. The summed E-state index contributed by atoms with van der Waals surface area (Å²) in [5, 5.41) is 7.74. The molecule has 0 radical (unpaired) electrons. The van der Waals surface area contributed by atoms with Crippen molar-refractivity contribution >= 4 is 29.1 Å². The molecule has 0 bridgehead atoms. The Kier molecular flexibility index (Phi) is 4.43. The number of carbonyl (C=O) groups is 1. The van der Waals surface area contributed by atoms with Gasteiger partial charge in [0.05, 0.1) is 10.0 Å². The van der Waals surface area contributed by atoms with Gasteiger partial charge in [-0.25, -0.2) is 0 Å². The van der Waals surface area contributed by atoms with Gasteiger partial charge in [0, 0.05) is 18.0 Å². The zero-order valence-corrected chi connectivity index (χ0v) is 13.5. The molecule has 1 amide bonds. The minimum absolute atomic E-state index is 0.0474. The average molecular weight is 327 g/mol. The summed E-state index contributed by atoms with van der Waals surface area (Å²) in [6, 6.07) is 6.41. The first kappa shape index (κ1) is 15.1. The van der Waals surface area contributed by atoms with Crippen LogP contribution in [0.4, 0.5) is 0 Å². The smallest absolute Gasteiger partial charge is 0.223 e. The topological polar surface area (TPSA) is 41.1 Å². The van der Waals surface area contributed by atoms with Crippen molar-refractivity contribution in [3.05, 3.63) is 33.8 Å². The molecular formula is C16H20Cl2N2O. The van der Waals surface area contributed by atoms with Gasteiger partial charge in [0.2, 0.25) is 5.91 Å². The molecule has 3 nitrogen and oxygen atoms in total. The van der Waals surface area contributed by atoms with E-state index in [4.69, 9.17) is 23.2 Å². The van der Waals surface area contributed by atoms with E-state index >= 15 is 0 Å². The van der Waals surface area contributed by atoms with E-state index in [2.05, 4.69) is 17.6 Å². The van der Waals surface area contributed by atoms with Gasteiger partial charge in [-0.3, -0.25) is 4.79 Å². The second-order valence-electron chi connectivity index (χ2n) is 6.18. The van der Waals surface area contributed by atoms with Crippen LogP contribution in [0.15, 0.2) is 18.2 Å². The van der Waals surface area contributed by atoms with Crippen molar-refractivity contribution < 1.29 is 4.79 Å². The molecule has 21 heavy (non-hydrogen) atoms. The molecule has 1 aromatic carbocycles. The van der Waals surface area contributed by atoms with Crippen molar-refractivity contribution in [3.8, 4) is 0 Å². The molecule has 1 saturated heterocycles. The lowest BCUT2D eigenvalue weighted by molar-refractivity contribution is -0.123. The molecule has 0 spiro atoms. The number of carbonyl (C=O) groups excluding carboxylic acids is 1. The van der Waals surface area contributed by atoms with Crippen molar-refractivity contribution in [1.82, 2.24) is 10.6 Å². The molecule has 3 rings (SSSR count). The molecule has 1 aromatic rings. The van der Waals surface area contributed by atoms with Crippen LogP contribution in [0.3, 0.4) is 0 Å². The Hall–Kier alpha value is -0.770. The van der Waals surface area contributed by atoms with Crippen LogP contribution in [0.5, 0.6) is 0 Å². The summed E-state index contributed by atoms with van der Waals surface area (Å²) >= 11 is 12.3. The average Bonchev–Trinajstić information content (AvgIpc) is 3.22. The molecule has 2 N–H and O–H groups in total. The van der Waals surface area contributed by atoms with Crippen LogP contribution in [0, 0.1) is 5.92 Å². The first-order valence-corrected chi connectivity index (χ1v) is 8.29. The van der Waals surface area contributed by atoms with E-state index in [0.717, 1.165) is 31.4 Å². The van der Waals surface area contributed by atoms with Gasteiger partial charge in [-0.15, -0.1) is 0 Å². The Morgan fingerprint density at radius 3 is 2.90 bits per heavy atom. The molecule has 1 saturated carbocycles. The van der Waals surface area contributed by atoms with Gasteiger partial charge >= 0.3 is 0 Å². The van der Waals surface area contributed by atoms with E-state index in [1.165, 1.54) is 0 Å². The Morgan fingerprint density at radius 2 is 2.14 bits per heavy atom. The standard InChI is InChI=1S/C16H20Cl2N2O/c1-9-7-10(5-6-19-9)20-16(21)13-8-12(13)11-3-2-4-14(17)15(11)18/h2-4,9-10,12-13,19H,5-8H2,1H3,(H,20,21). The fourth-order valence-corrected chi connectivity index (χ4v) is 3.65. The molecule has 2 fully saturated rings. The molecule has 4 unspecified atom stereocenters. The molecule has 5 heteroatoms. The van der Waals surface area contributed by atoms with E-state index in [1.807, 2.05) is 12.1 Å². The van der Waals surface area contributed by atoms with E-state index in [-0.39, 0.29) is 17.7 Å². The number of hydrogen-bond donors (Lipinski definition) is 2. The predicted molar refractivity (Wildman–Crippen MR) is 85.9 cm³/mol. The van der Waals surface area contributed by atoms with E-state index in [0.29, 0.717) is 22.1 Å². The number of nitrogens with one attached hydrogen (secondary N) is 2. The lowest BCUT2D eigenvalue weighted by Crippen LogP contribution is -2.47. The third-order valence-electron chi connectivity index (χ3n) is 4.48. The minimum Gasteiger partial charge on any atom is -0.353 e. The summed E-state index contributed by atoms with van der Waals surface area (Å²) in [5.74, 6) is 0.427. The third-order valence-corrected chi connectivity index (χ3v) is 5.31. The van der Waals surface area contributed by atoms with E-state index in [1.54, 1.807) is 6.07 Å². The molecule has 4 atom stereocenters. The number of rotatable bonds is 3. The van der Waals surface area contributed by atoms with Crippen LogP contribution < -0.4 is 10.6 Å². The second-order valence-corrected chi connectivity index (χ2v) is 6.96. The monoisotopic (exact) mass is 326 g/mol. The molecule has 0 aromatic heterocycles. The van der Waals surface area contributed by atoms with Gasteiger partial charge in [0.1, 0.15) is 0 Å². The Morgan fingerprint density at radius 1 is 1.33 bits per heavy atom. The lowest BCUT2D eigenvalue weighted by atomic mass is 10.0. The van der Waals surface area contributed by atoms with E-state index in [9.17, 15) is 4.79 Å². The number of halogens is 2. The van der Waals surface area contributed by atoms with Crippen LogP contribution in [-0.4, -0.2) is 24.5 Å². The molecule has 114 valence electrons. The number of benzene rings is 1. The summed E-state index contributed by atoms with van der Waals surface area (Å²) in [6.45, 7) is 3.13. The van der Waals surface area contributed by atoms with Crippen LogP contribution in [-0.2, 0) is 4.79 Å². The largest absolute Gasteiger partial charge is 0.353 e. The van der Waals surface area contributed by atoms with Gasteiger partial charge in [0.15, 0.2) is 0 Å². The molecule has 1 aliphatic heterocycles. The lowest BCUT2D eigenvalue weighted by Gasteiger charge is -2.28. The second kappa shape index (κ2) is 6.15. The van der Waals surface area contributed by atoms with E-state index < -0.39 is 0 Å². The zero-order chi connectivity index (χ0) is 15.0. The highest BCUT2D eigenvalue weighted by Crippen LogP contribution is 2.50. The quantitative estimate of drug-likeness (QED) is 0.894. The van der Waals surface area contributed by atoms with Gasteiger partial charge in [0.25, 0.3) is 0 Å². The Labute approximate surface area is 135 Å². The van der Waals surface area contributed by atoms with Gasteiger partial charge in [-0.2, -0.15) is 0 Å². The number of amides is 1. The maximum absolute atomic E-state index is 12.4. The number of piperidine rings is 1. The highest BCUT2D eigenvalue weighted by atomic mass is 35.5. The van der Waals surface area contributed by atoms with Crippen LogP contribution in [0.25, 0.3) is 0 Å². The SMILES string of the molecule is CC1CC(NC(=O)C2CC2c2cccc(Cl)c2Cl)CCN1. The van der Waals surface area contributed by atoms with Gasteiger partial charge in [-0.1, -0.05) is 35.3 Å². The highest BCUT2D eigenvalue weighted by molar-refractivity contribution is 6.42. The summed E-state index contributed by atoms with van der Waals surface area (Å²) in [4.78, 5) is 12.4. The summed E-state index contributed by atoms with van der Waals surface area (Å²) in [6.07, 6.45) is 2.87. The normalized spacial score (nSPS) is 31.8. The molecular weight excluding hydrogens is 307 g/mol. The molecule has 1 aliphatic carbocycles. The van der Waals surface area contributed by atoms with Gasteiger partial charge in [-0.05, 0) is 50.3 Å². The maximum atomic E-state index is 12.4. The minimum atomic E-state index is 0.0474. The van der Waals surface area contributed by atoms with Gasteiger partial charge < -0.3 is 10.6 Å². The van der Waals surface area contributed by atoms with Crippen molar-refractivity contribution in [1.29, 1.82) is 0 Å². The van der Waals surface area contributed by atoms with Crippen molar-refractivity contribution in [2.24, 2.45) is 5.92 Å². The van der Waals surface area contributed by atoms with Crippen molar-refractivity contribution in [2.45, 2.75) is 44.2 Å². The van der Waals surface area contributed by atoms with Crippen LogP contribution in [0.1, 0.15) is 37.7 Å². The van der Waals surface area contributed by atoms with Crippen molar-refractivity contribution in [3.63, 3.8) is 0 Å². The highest BCUT2D eigenvalue weighted by Gasteiger charge is 2.45. The fourth-order valence-electron chi connectivity index (χ4n) is 3.21.